The van der Waals surface area contributed by atoms with Crippen molar-refractivity contribution >= 4 is 5.78 Å². The van der Waals surface area contributed by atoms with E-state index in [0.717, 1.165) is 25.2 Å². The molecule has 0 unspecified atom stereocenters. The maximum absolute atomic E-state index is 12.2. The molecule has 0 saturated carbocycles. The van der Waals surface area contributed by atoms with Crippen molar-refractivity contribution in [2.24, 2.45) is 0 Å². The average molecular weight is 317 g/mol. The number of ketones is 1. The fourth-order valence-corrected chi connectivity index (χ4v) is 2.85. The van der Waals surface area contributed by atoms with Gasteiger partial charge in [-0.05, 0) is 31.5 Å². The molecule has 1 aromatic carbocycles. The van der Waals surface area contributed by atoms with Crippen LogP contribution < -0.4 is 10.6 Å². The monoisotopic (exact) mass is 317 g/mol. The maximum atomic E-state index is 12.2. The Bertz CT molecular complexity index is 464. The molecule has 4 nitrogen and oxygen atoms in total. The predicted molar refractivity (Wildman–Crippen MR) is 95.9 cm³/mol. The van der Waals surface area contributed by atoms with E-state index >= 15 is 0 Å². The number of hydrogen-bond acceptors (Lipinski definition) is 4. The minimum atomic E-state index is 0.173. The molecule has 1 fully saturated rings. The van der Waals surface area contributed by atoms with Crippen LogP contribution in [-0.2, 0) is 6.54 Å². The van der Waals surface area contributed by atoms with Gasteiger partial charge in [0.15, 0.2) is 5.78 Å². The molecule has 0 radical (unpaired) electrons. The summed E-state index contributed by atoms with van der Waals surface area (Å²) in [6.07, 6.45) is 4.00. The van der Waals surface area contributed by atoms with Crippen molar-refractivity contribution in [3.63, 3.8) is 0 Å². The Hall–Kier alpha value is -1.23. The first-order chi connectivity index (χ1) is 11.1. The van der Waals surface area contributed by atoms with Gasteiger partial charge < -0.3 is 15.5 Å². The van der Waals surface area contributed by atoms with Crippen molar-refractivity contribution < 1.29 is 4.79 Å². The number of piperidine rings is 1. The third kappa shape index (κ3) is 6.81. The van der Waals surface area contributed by atoms with E-state index in [1.54, 1.807) is 0 Å². The molecule has 23 heavy (non-hydrogen) atoms. The second-order valence-electron chi connectivity index (χ2n) is 6.73. The van der Waals surface area contributed by atoms with Gasteiger partial charge in [0.2, 0.25) is 0 Å². The summed E-state index contributed by atoms with van der Waals surface area (Å²) in [7, 11) is 0. The van der Waals surface area contributed by atoms with E-state index in [-0.39, 0.29) is 5.78 Å². The Balaban J connectivity index is 1.66. The highest BCUT2D eigenvalue weighted by Crippen LogP contribution is 2.07. The van der Waals surface area contributed by atoms with E-state index in [2.05, 4.69) is 29.4 Å². The zero-order valence-electron chi connectivity index (χ0n) is 14.6. The fraction of sp³-hybridized carbons (Fsp3) is 0.632. The van der Waals surface area contributed by atoms with Crippen LogP contribution in [0, 0.1) is 0 Å². The normalized spacial score (nSPS) is 16.0. The van der Waals surface area contributed by atoms with E-state index in [4.69, 9.17) is 0 Å². The van der Waals surface area contributed by atoms with Gasteiger partial charge in [-0.1, -0.05) is 44.5 Å². The lowest BCUT2D eigenvalue weighted by atomic mass is 10.1. The van der Waals surface area contributed by atoms with Crippen LogP contribution in [-0.4, -0.2) is 49.4 Å². The van der Waals surface area contributed by atoms with Crippen LogP contribution in [0.25, 0.3) is 0 Å². The van der Waals surface area contributed by atoms with Crippen molar-refractivity contribution in [2.75, 3.05) is 32.7 Å². The Kier molecular flexibility index (Phi) is 7.72. The number of Topliss-reactive ketones (excluding diaryl/α,β-unsaturated/α-hetero) is 1. The topological polar surface area (TPSA) is 44.4 Å². The smallest absolute Gasteiger partial charge is 0.176 e. The van der Waals surface area contributed by atoms with Crippen LogP contribution in [0.4, 0.5) is 0 Å². The average Bonchev–Trinajstić information content (AvgIpc) is 2.58. The largest absolute Gasteiger partial charge is 0.310 e. The number of hydrogen-bond donors (Lipinski definition) is 2. The Labute approximate surface area is 140 Å². The molecule has 2 rings (SSSR count). The molecular weight excluding hydrogens is 286 g/mol. The summed E-state index contributed by atoms with van der Waals surface area (Å²) in [5.41, 5.74) is 2.01. The Morgan fingerprint density at radius 1 is 1.13 bits per heavy atom. The van der Waals surface area contributed by atoms with Crippen molar-refractivity contribution in [1.82, 2.24) is 15.5 Å². The van der Waals surface area contributed by atoms with Crippen molar-refractivity contribution in [3.05, 3.63) is 35.4 Å². The number of carbonyl (C=O) groups is 1. The molecule has 0 amide bonds. The van der Waals surface area contributed by atoms with Gasteiger partial charge >= 0.3 is 0 Å². The summed E-state index contributed by atoms with van der Waals surface area (Å²) in [4.78, 5) is 14.7. The van der Waals surface area contributed by atoms with Gasteiger partial charge in [-0.3, -0.25) is 4.79 Å². The summed E-state index contributed by atoms with van der Waals surface area (Å²) < 4.78 is 0. The number of nitrogens with zero attached hydrogens (tertiary/aromatic N) is 1. The molecule has 0 spiro atoms. The van der Waals surface area contributed by atoms with Crippen molar-refractivity contribution in [3.8, 4) is 0 Å². The summed E-state index contributed by atoms with van der Waals surface area (Å²) in [5, 5.41) is 6.66. The van der Waals surface area contributed by atoms with Crippen molar-refractivity contribution in [2.45, 2.75) is 45.7 Å². The number of nitrogens with one attached hydrogen (secondary N) is 2. The second-order valence-corrected chi connectivity index (χ2v) is 6.73. The number of rotatable bonds is 9. The summed E-state index contributed by atoms with van der Waals surface area (Å²) in [5.74, 6) is 0.173. The summed E-state index contributed by atoms with van der Waals surface area (Å²) >= 11 is 0. The van der Waals surface area contributed by atoms with E-state index in [1.807, 2.05) is 24.3 Å². The lowest BCUT2D eigenvalue weighted by Crippen LogP contribution is -2.37. The molecule has 1 heterocycles. The SMILES string of the molecule is CC(C)NCc1ccc(C(=O)CNCCN2CCCCC2)cc1. The van der Waals surface area contributed by atoms with E-state index in [9.17, 15) is 4.79 Å². The fourth-order valence-electron chi connectivity index (χ4n) is 2.85. The molecule has 0 atom stereocenters. The van der Waals surface area contributed by atoms with Crippen LogP contribution in [0.5, 0.6) is 0 Å². The van der Waals surface area contributed by atoms with E-state index in [1.165, 1.54) is 37.9 Å². The third-order valence-corrected chi connectivity index (χ3v) is 4.33. The molecule has 1 aliphatic heterocycles. The highest BCUT2D eigenvalue weighted by Gasteiger charge is 2.10. The van der Waals surface area contributed by atoms with Crippen LogP contribution in [0.2, 0.25) is 0 Å². The lowest BCUT2D eigenvalue weighted by molar-refractivity contribution is 0.0989. The molecule has 128 valence electrons. The molecule has 1 saturated heterocycles. The maximum Gasteiger partial charge on any atom is 0.176 e. The second kappa shape index (κ2) is 9.81. The zero-order valence-corrected chi connectivity index (χ0v) is 14.6. The van der Waals surface area contributed by atoms with Gasteiger partial charge in [-0.25, -0.2) is 0 Å². The van der Waals surface area contributed by atoms with Gasteiger partial charge in [-0.15, -0.1) is 0 Å². The first kappa shape index (κ1) is 18.1. The Morgan fingerprint density at radius 2 is 1.83 bits per heavy atom. The van der Waals surface area contributed by atoms with Crippen molar-refractivity contribution in [1.29, 1.82) is 0 Å². The number of benzene rings is 1. The Morgan fingerprint density at radius 3 is 2.48 bits per heavy atom. The number of carbonyl (C=O) groups excluding carboxylic acids is 1. The molecule has 0 aromatic heterocycles. The van der Waals surface area contributed by atoms with E-state index < -0.39 is 0 Å². The molecule has 0 aliphatic carbocycles. The third-order valence-electron chi connectivity index (χ3n) is 4.33. The van der Waals surface area contributed by atoms with Crippen LogP contribution in [0.1, 0.15) is 49.0 Å². The first-order valence-corrected chi connectivity index (χ1v) is 8.94. The van der Waals surface area contributed by atoms with Gasteiger partial charge in [0.25, 0.3) is 0 Å². The zero-order chi connectivity index (χ0) is 16.5. The van der Waals surface area contributed by atoms with Crippen LogP contribution in [0.15, 0.2) is 24.3 Å². The first-order valence-electron chi connectivity index (χ1n) is 8.94. The van der Waals surface area contributed by atoms with Gasteiger partial charge in [0, 0.05) is 31.2 Å². The molecular formula is C19H31N3O. The molecule has 0 bridgehead atoms. The minimum absolute atomic E-state index is 0.173. The van der Waals surface area contributed by atoms with Gasteiger partial charge in [-0.2, -0.15) is 0 Å². The van der Waals surface area contributed by atoms with Crippen LogP contribution in [0.3, 0.4) is 0 Å². The molecule has 1 aromatic rings. The van der Waals surface area contributed by atoms with E-state index in [0.29, 0.717) is 12.6 Å². The summed E-state index contributed by atoms with van der Waals surface area (Å²) in [6, 6.07) is 8.42. The highest BCUT2D eigenvalue weighted by atomic mass is 16.1. The summed E-state index contributed by atoms with van der Waals surface area (Å²) in [6.45, 7) is 9.90. The molecule has 1 aliphatic rings. The van der Waals surface area contributed by atoms with Gasteiger partial charge in [0.05, 0.1) is 6.54 Å². The van der Waals surface area contributed by atoms with Crippen LogP contribution >= 0.6 is 0 Å². The molecule has 4 heteroatoms. The lowest BCUT2D eigenvalue weighted by Gasteiger charge is -2.26. The standard InChI is InChI=1S/C19H31N3O/c1-16(2)21-14-17-6-8-18(9-7-17)19(23)15-20-10-13-22-11-4-3-5-12-22/h6-9,16,20-21H,3-5,10-15H2,1-2H3. The predicted octanol–water partition coefficient (Wildman–Crippen LogP) is 2.44. The quantitative estimate of drug-likeness (QED) is 0.542. The molecule has 2 N–H and O–H groups in total. The highest BCUT2D eigenvalue weighted by molar-refractivity contribution is 5.97. The minimum Gasteiger partial charge on any atom is -0.310 e. The van der Waals surface area contributed by atoms with Gasteiger partial charge in [0.1, 0.15) is 0 Å². The number of likely N-dealkylation sites (tertiary alicyclic amines) is 1.